The Balaban J connectivity index is 2.91. The van der Waals surface area contributed by atoms with Crippen LogP contribution in [0.5, 0.6) is 0 Å². The van der Waals surface area contributed by atoms with Crippen LogP contribution in [0.2, 0.25) is 0 Å². The molecule has 1 rings (SSSR count). The van der Waals surface area contributed by atoms with Gasteiger partial charge in [-0.25, -0.2) is 0 Å². The van der Waals surface area contributed by atoms with E-state index in [1.807, 2.05) is 33.2 Å². The summed E-state index contributed by atoms with van der Waals surface area (Å²) in [5, 5.41) is 9.05. The van der Waals surface area contributed by atoms with E-state index in [1.165, 1.54) is 4.88 Å². The summed E-state index contributed by atoms with van der Waals surface area (Å²) in [4.78, 5) is 26.2. The summed E-state index contributed by atoms with van der Waals surface area (Å²) in [5.41, 5.74) is 0. The molecular formula is C13H19NO3S. The Morgan fingerprint density at radius 3 is 2.61 bits per heavy atom. The normalized spacial score (nSPS) is 14.4. The van der Waals surface area contributed by atoms with Gasteiger partial charge in [-0.2, -0.15) is 0 Å². The molecule has 5 heteroatoms. The Hall–Kier alpha value is -1.20. The molecule has 0 fully saturated rings. The third kappa shape index (κ3) is 3.65. The zero-order valence-corrected chi connectivity index (χ0v) is 11.7. The first-order valence-electron chi connectivity index (χ1n) is 5.91. The number of hydrogen-bond acceptors (Lipinski definition) is 4. The van der Waals surface area contributed by atoms with E-state index in [0.29, 0.717) is 12.7 Å². The van der Waals surface area contributed by atoms with Crippen LogP contribution in [0, 0.1) is 5.92 Å². The van der Waals surface area contributed by atoms with Crippen molar-refractivity contribution in [3.63, 3.8) is 0 Å². The summed E-state index contributed by atoms with van der Waals surface area (Å²) in [7, 11) is 3.98. The van der Waals surface area contributed by atoms with E-state index in [-0.39, 0.29) is 5.92 Å². The molecule has 18 heavy (non-hydrogen) atoms. The number of aliphatic carboxylic acids is 1. The predicted octanol–water partition coefficient (Wildman–Crippen LogP) is 2.20. The minimum atomic E-state index is -1.04. The third-order valence-electron chi connectivity index (χ3n) is 2.83. The fourth-order valence-electron chi connectivity index (χ4n) is 1.95. The van der Waals surface area contributed by atoms with E-state index in [2.05, 4.69) is 4.90 Å². The number of carbonyl (C=O) groups excluding carboxylic acids is 1. The molecule has 0 spiro atoms. The first-order valence-corrected chi connectivity index (χ1v) is 6.72. The first-order chi connectivity index (χ1) is 8.49. The molecule has 0 radical (unpaired) electrons. The highest BCUT2D eigenvalue weighted by Crippen LogP contribution is 2.33. The van der Waals surface area contributed by atoms with Crippen molar-refractivity contribution in [2.45, 2.75) is 25.8 Å². The highest BCUT2D eigenvalue weighted by atomic mass is 32.1. The molecule has 1 heterocycles. The average molecular weight is 269 g/mol. The van der Waals surface area contributed by atoms with Crippen LogP contribution in [-0.4, -0.2) is 36.4 Å². The Morgan fingerprint density at radius 1 is 1.50 bits per heavy atom. The molecule has 1 aromatic heterocycles. The zero-order valence-electron chi connectivity index (χ0n) is 10.9. The standard InChI is InChI=1S/C13H19NO3S/c1-4-10(11(8-15)13(16)17)12-6-5-9(18-12)7-14(2)3/h5-6,8,10-11H,4,7H2,1-3H3,(H,16,17). The van der Waals surface area contributed by atoms with Crippen LogP contribution in [-0.2, 0) is 16.1 Å². The second-order valence-corrected chi connectivity index (χ2v) is 5.76. The molecule has 4 nitrogen and oxygen atoms in total. The van der Waals surface area contributed by atoms with Gasteiger partial charge in [0.05, 0.1) is 0 Å². The van der Waals surface area contributed by atoms with Gasteiger partial charge in [0.15, 0.2) is 0 Å². The molecule has 100 valence electrons. The summed E-state index contributed by atoms with van der Waals surface area (Å²) in [6.45, 7) is 2.75. The van der Waals surface area contributed by atoms with E-state index in [4.69, 9.17) is 5.11 Å². The quantitative estimate of drug-likeness (QED) is 0.609. The molecule has 1 N–H and O–H groups in total. The average Bonchev–Trinajstić information content (AvgIpc) is 2.72. The summed E-state index contributed by atoms with van der Waals surface area (Å²) in [5.74, 6) is -2.21. The van der Waals surface area contributed by atoms with Gasteiger partial charge in [0.25, 0.3) is 0 Å². The van der Waals surface area contributed by atoms with Gasteiger partial charge < -0.3 is 14.8 Å². The maximum absolute atomic E-state index is 11.1. The van der Waals surface area contributed by atoms with Crippen LogP contribution >= 0.6 is 11.3 Å². The Morgan fingerprint density at radius 2 is 2.17 bits per heavy atom. The van der Waals surface area contributed by atoms with Crippen molar-refractivity contribution in [1.29, 1.82) is 0 Å². The van der Waals surface area contributed by atoms with Crippen LogP contribution in [0.1, 0.15) is 29.0 Å². The van der Waals surface area contributed by atoms with Gasteiger partial charge in [0.2, 0.25) is 0 Å². The topological polar surface area (TPSA) is 57.6 Å². The maximum atomic E-state index is 11.1. The highest BCUT2D eigenvalue weighted by molar-refractivity contribution is 7.12. The second kappa shape index (κ2) is 6.66. The Kier molecular flexibility index (Phi) is 5.50. The van der Waals surface area contributed by atoms with Crippen LogP contribution in [0.25, 0.3) is 0 Å². The molecule has 0 aromatic carbocycles. The van der Waals surface area contributed by atoms with Crippen LogP contribution in [0.4, 0.5) is 0 Å². The highest BCUT2D eigenvalue weighted by Gasteiger charge is 2.28. The molecule has 0 aliphatic heterocycles. The minimum absolute atomic E-state index is 0.221. The summed E-state index contributed by atoms with van der Waals surface area (Å²) >= 11 is 1.59. The number of aldehydes is 1. The monoisotopic (exact) mass is 269 g/mol. The molecule has 0 saturated carbocycles. The van der Waals surface area contributed by atoms with Gasteiger partial charge in [-0.15, -0.1) is 11.3 Å². The molecular weight excluding hydrogens is 250 g/mol. The van der Waals surface area contributed by atoms with Crippen molar-refractivity contribution in [2.24, 2.45) is 5.92 Å². The van der Waals surface area contributed by atoms with E-state index in [9.17, 15) is 9.59 Å². The Labute approximate surface area is 111 Å². The molecule has 1 aromatic rings. The van der Waals surface area contributed by atoms with Gasteiger partial charge in [-0.3, -0.25) is 4.79 Å². The van der Waals surface area contributed by atoms with Gasteiger partial charge in [0.1, 0.15) is 12.2 Å². The summed E-state index contributed by atoms with van der Waals surface area (Å²) in [6, 6.07) is 3.95. The Bertz CT molecular complexity index is 414. The lowest BCUT2D eigenvalue weighted by Gasteiger charge is -2.16. The van der Waals surface area contributed by atoms with Crippen molar-refractivity contribution in [3.05, 3.63) is 21.9 Å². The van der Waals surface area contributed by atoms with Crippen molar-refractivity contribution in [2.75, 3.05) is 14.1 Å². The number of carbonyl (C=O) groups is 2. The largest absolute Gasteiger partial charge is 0.481 e. The van der Waals surface area contributed by atoms with Gasteiger partial charge in [0, 0.05) is 22.2 Å². The van der Waals surface area contributed by atoms with Crippen molar-refractivity contribution in [3.8, 4) is 0 Å². The molecule has 0 saturated heterocycles. The molecule has 2 atom stereocenters. The van der Waals surface area contributed by atoms with E-state index < -0.39 is 11.9 Å². The first kappa shape index (κ1) is 14.9. The smallest absolute Gasteiger partial charge is 0.314 e. The SMILES string of the molecule is CCC(c1ccc(CN(C)C)s1)C(C=O)C(=O)O. The third-order valence-corrected chi connectivity index (χ3v) is 4.03. The van der Waals surface area contributed by atoms with E-state index >= 15 is 0 Å². The van der Waals surface area contributed by atoms with Gasteiger partial charge in [-0.05, 0) is 32.6 Å². The maximum Gasteiger partial charge on any atom is 0.314 e. The van der Waals surface area contributed by atoms with Gasteiger partial charge >= 0.3 is 5.97 Å². The lowest BCUT2D eigenvalue weighted by atomic mass is 9.90. The zero-order chi connectivity index (χ0) is 13.7. The lowest BCUT2D eigenvalue weighted by Crippen LogP contribution is -2.22. The van der Waals surface area contributed by atoms with Crippen LogP contribution in [0.15, 0.2) is 12.1 Å². The number of carboxylic acids is 1. The van der Waals surface area contributed by atoms with Crippen molar-refractivity contribution < 1.29 is 14.7 Å². The molecule has 0 bridgehead atoms. The van der Waals surface area contributed by atoms with E-state index in [1.54, 1.807) is 11.3 Å². The lowest BCUT2D eigenvalue weighted by molar-refractivity contribution is -0.144. The molecule has 0 amide bonds. The van der Waals surface area contributed by atoms with Crippen molar-refractivity contribution >= 4 is 23.6 Å². The van der Waals surface area contributed by atoms with Gasteiger partial charge in [-0.1, -0.05) is 6.92 Å². The number of nitrogens with zero attached hydrogens (tertiary/aromatic N) is 1. The fourth-order valence-corrected chi connectivity index (χ4v) is 3.31. The summed E-state index contributed by atoms with van der Waals surface area (Å²) in [6.07, 6.45) is 1.19. The molecule has 2 unspecified atom stereocenters. The number of hydrogen-bond donors (Lipinski definition) is 1. The second-order valence-electron chi connectivity index (χ2n) is 4.56. The predicted molar refractivity (Wildman–Crippen MR) is 71.9 cm³/mol. The number of carboxylic acid groups (broad SMARTS) is 1. The van der Waals surface area contributed by atoms with E-state index in [0.717, 1.165) is 11.4 Å². The minimum Gasteiger partial charge on any atom is -0.481 e. The van der Waals surface area contributed by atoms with Crippen molar-refractivity contribution in [1.82, 2.24) is 4.90 Å². The van der Waals surface area contributed by atoms with Crippen LogP contribution < -0.4 is 0 Å². The number of thiophene rings is 1. The molecule has 0 aliphatic carbocycles. The molecule has 0 aliphatic rings. The van der Waals surface area contributed by atoms with Crippen LogP contribution in [0.3, 0.4) is 0 Å². The number of rotatable bonds is 7. The summed E-state index contributed by atoms with van der Waals surface area (Å²) < 4.78 is 0. The fraction of sp³-hybridized carbons (Fsp3) is 0.538.